The van der Waals surface area contributed by atoms with E-state index in [2.05, 4.69) is 41.9 Å². The summed E-state index contributed by atoms with van der Waals surface area (Å²) in [5, 5.41) is 62.7. The summed E-state index contributed by atoms with van der Waals surface area (Å²) in [7, 11) is 0. The Balaban J connectivity index is 3.44. The Labute approximate surface area is 390 Å². The minimum absolute atomic E-state index is 0.000599. The molecule has 1 aliphatic heterocycles. The maximum Gasteiger partial charge on any atom is 0.326 e. The molecule has 1 heterocycles. The molecule has 1 rings (SSSR count). The molecule has 0 saturated carbocycles. The average Bonchev–Trinajstić information content (AvgIpc) is 3.75. The molecule has 0 spiro atoms. The van der Waals surface area contributed by atoms with Crippen molar-refractivity contribution in [3.8, 4) is 0 Å². The van der Waals surface area contributed by atoms with Crippen LogP contribution in [0.3, 0.4) is 0 Å². The van der Waals surface area contributed by atoms with Crippen molar-refractivity contribution in [2.45, 2.75) is 139 Å². The molecule has 0 aromatic rings. The van der Waals surface area contributed by atoms with Gasteiger partial charge in [-0.25, -0.2) is 4.79 Å². The highest BCUT2D eigenvalue weighted by atomic mass is 16.4. The molecule has 0 aromatic carbocycles. The first-order valence-electron chi connectivity index (χ1n) is 21.5. The summed E-state index contributed by atoms with van der Waals surface area (Å²) in [5.74, 6) is -11.7. The lowest BCUT2D eigenvalue weighted by atomic mass is 10.0. The summed E-state index contributed by atoms with van der Waals surface area (Å²) >= 11 is 0. The van der Waals surface area contributed by atoms with Gasteiger partial charge in [-0.05, 0) is 65.2 Å². The van der Waals surface area contributed by atoms with Crippen LogP contribution < -0.4 is 66.3 Å². The van der Waals surface area contributed by atoms with Crippen molar-refractivity contribution in [2.75, 3.05) is 26.2 Å². The van der Waals surface area contributed by atoms with Crippen LogP contribution >= 0.6 is 0 Å². The molecule has 0 bridgehead atoms. The lowest BCUT2D eigenvalue weighted by Crippen LogP contribution is -2.62. The Hall–Kier alpha value is -6.92. The molecule has 1 saturated heterocycles. The number of guanidine groups is 2. The number of primary amides is 1. The Morgan fingerprint density at radius 2 is 1.10 bits per heavy atom. The number of aliphatic hydroxyl groups excluding tert-OH is 3. The van der Waals surface area contributed by atoms with Gasteiger partial charge < -0.3 is 96.7 Å². The summed E-state index contributed by atoms with van der Waals surface area (Å²) < 4.78 is 0. The monoisotopic (exact) mass is 973 g/mol. The third-order valence-corrected chi connectivity index (χ3v) is 10.3. The molecule has 1 fully saturated rings. The fourth-order valence-electron chi connectivity index (χ4n) is 6.53. The number of carbonyl (C=O) groups is 10. The number of nitrogens with one attached hydrogen (secondary N) is 6. The highest BCUT2D eigenvalue weighted by molar-refractivity contribution is 5.98. The predicted octanol–water partition coefficient (Wildman–Crippen LogP) is -8.71. The maximum atomic E-state index is 14.2. The van der Waals surface area contributed by atoms with Gasteiger partial charge in [0.15, 0.2) is 11.9 Å². The molecule has 0 radical (unpaired) electrons. The number of aliphatic imine (C=N–C) groups is 2. The fourth-order valence-corrected chi connectivity index (χ4v) is 6.53. The van der Waals surface area contributed by atoms with Crippen LogP contribution in [0.25, 0.3) is 0 Å². The standard InChI is InChI=1S/C38H67N15O15/c1-17(55)27(40)33(64)52-28(18(2)56)34(65)51-23(16-54)31(62)48-19(9-11-25(39)57)29(60)47-20(10-12-26(58)59)30(61)49-21(6-3-13-45-37(41)42)35(66)53-15-5-8-24(53)32(63)50-22(36(67)68)7-4-14-46-38(43)44/h17-24,27-28,54-56H,3-16,40H2,1-2H3,(H2,39,57)(H,47,60)(H,48,62)(H,49,61)(H,50,63)(H,51,65)(H,52,64)(H,58,59)(H,67,68)(H4,41,42,45)(H4,43,44,46). The summed E-state index contributed by atoms with van der Waals surface area (Å²) in [5.41, 5.74) is 32.3. The van der Waals surface area contributed by atoms with Gasteiger partial charge in [0.2, 0.25) is 47.3 Å². The molecule has 1 aliphatic rings. The number of hydrogen-bond acceptors (Lipinski definition) is 16. The number of carboxylic acid groups (broad SMARTS) is 2. The van der Waals surface area contributed by atoms with Crippen molar-refractivity contribution < 1.29 is 73.5 Å². The number of carboxylic acids is 2. The van der Waals surface area contributed by atoms with Crippen LogP contribution in [-0.2, 0) is 47.9 Å². The molecule has 8 amide bonds. The highest BCUT2D eigenvalue weighted by Crippen LogP contribution is 2.21. The van der Waals surface area contributed by atoms with E-state index in [1.165, 1.54) is 6.92 Å². The number of likely N-dealkylation sites (tertiary alicyclic amines) is 1. The maximum absolute atomic E-state index is 14.2. The van der Waals surface area contributed by atoms with Crippen LogP contribution in [-0.4, -0.2) is 188 Å². The lowest BCUT2D eigenvalue weighted by Gasteiger charge is -2.30. The van der Waals surface area contributed by atoms with Gasteiger partial charge >= 0.3 is 11.9 Å². The fraction of sp³-hybridized carbons (Fsp3) is 0.684. The molecule has 30 nitrogen and oxygen atoms in total. The number of hydrogen-bond donors (Lipinski definition) is 17. The van der Waals surface area contributed by atoms with Crippen LogP contribution in [0.15, 0.2) is 9.98 Å². The number of nitrogens with two attached hydrogens (primary N) is 6. The normalized spacial score (nSPS) is 17.1. The predicted molar refractivity (Wildman–Crippen MR) is 237 cm³/mol. The van der Waals surface area contributed by atoms with E-state index in [1.54, 1.807) is 0 Å². The van der Waals surface area contributed by atoms with Crippen molar-refractivity contribution >= 4 is 71.1 Å². The van der Waals surface area contributed by atoms with E-state index in [1.807, 2.05) is 0 Å². The van der Waals surface area contributed by atoms with Gasteiger partial charge in [-0.1, -0.05) is 0 Å². The number of nitrogens with zero attached hydrogens (tertiary/aromatic N) is 3. The quantitative estimate of drug-likeness (QED) is 0.0174. The van der Waals surface area contributed by atoms with Crippen molar-refractivity contribution in [1.29, 1.82) is 0 Å². The number of amides is 8. The molecule has 0 aliphatic carbocycles. The van der Waals surface area contributed by atoms with E-state index in [-0.39, 0.29) is 63.7 Å². The van der Waals surface area contributed by atoms with E-state index < -0.39 is 152 Å². The van der Waals surface area contributed by atoms with Crippen molar-refractivity contribution in [3.63, 3.8) is 0 Å². The summed E-state index contributed by atoms with van der Waals surface area (Å²) in [6.45, 7) is 1.21. The first-order chi connectivity index (χ1) is 31.8. The second-order valence-corrected chi connectivity index (χ2v) is 15.8. The van der Waals surface area contributed by atoms with E-state index in [9.17, 15) is 73.5 Å². The smallest absolute Gasteiger partial charge is 0.326 e. The number of aliphatic hydroxyl groups is 3. The molecule has 10 atom stereocenters. The third kappa shape index (κ3) is 21.1. The number of aliphatic carboxylic acids is 2. The van der Waals surface area contributed by atoms with Gasteiger partial charge in [-0.2, -0.15) is 0 Å². The largest absolute Gasteiger partial charge is 0.481 e. The number of rotatable bonds is 31. The molecule has 30 heteroatoms. The lowest BCUT2D eigenvalue weighted by molar-refractivity contribution is -0.145. The molecule has 384 valence electrons. The minimum atomic E-state index is -1.88. The minimum Gasteiger partial charge on any atom is -0.481 e. The third-order valence-electron chi connectivity index (χ3n) is 10.3. The Morgan fingerprint density at radius 1 is 0.618 bits per heavy atom. The van der Waals surface area contributed by atoms with Crippen LogP contribution in [0, 0.1) is 0 Å². The second kappa shape index (κ2) is 29.7. The molecule has 10 unspecified atom stereocenters. The molecular weight excluding hydrogens is 907 g/mol. The van der Waals surface area contributed by atoms with Crippen LogP contribution in [0.4, 0.5) is 0 Å². The summed E-state index contributed by atoms with van der Waals surface area (Å²) in [4.78, 5) is 139. The molecule has 0 aromatic heterocycles. The van der Waals surface area contributed by atoms with Crippen molar-refractivity contribution in [1.82, 2.24) is 36.8 Å². The van der Waals surface area contributed by atoms with Gasteiger partial charge in [-0.15, -0.1) is 0 Å². The average molecular weight is 974 g/mol. The molecule has 68 heavy (non-hydrogen) atoms. The van der Waals surface area contributed by atoms with Gasteiger partial charge in [-0.3, -0.25) is 53.1 Å². The van der Waals surface area contributed by atoms with Gasteiger partial charge in [0.05, 0.1) is 18.8 Å². The molecular formula is C38H67N15O15. The second-order valence-electron chi connectivity index (χ2n) is 15.8. The Morgan fingerprint density at radius 3 is 1.56 bits per heavy atom. The van der Waals surface area contributed by atoms with Crippen LogP contribution in [0.1, 0.15) is 78.1 Å². The van der Waals surface area contributed by atoms with E-state index in [0.29, 0.717) is 6.42 Å². The van der Waals surface area contributed by atoms with E-state index in [0.717, 1.165) is 11.8 Å². The van der Waals surface area contributed by atoms with Crippen molar-refractivity contribution in [3.05, 3.63) is 0 Å². The zero-order chi connectivity index (χ0) is 51.8. The number of carbonyl (C=O) groups excluding carboxylic acids is 8. The van der Waals surface area contributed by atoms with Gasteiger partial charge in [0.1, 0.15) is 48.3 Å². The summed E-state index contributed by atoms with van der Waals surface area (Å²) in [6, 6.07) is -12.7. The van der Waals surface area contributed by atoms with E-state index >= 15 is 0 Å². The zero-order valence-corrected chi connectivity index (χ0v) is 37.8. The Bertz CT molecular complexity index is 1840. The zero-order valence-electron chi connectivity index (χ0n) is 37.8. The first-order valence-corrected chi connectivity index (χ1v) is 21.5. The van der Waals surface area contributed by atoms with Crippen LogP contribution in [0.5, 0.6) is 0 Å². The first kappa shape index (κ1) is 59.1. The Kier molecular flexibility index (Phi) is 25.8. The SMILES string of the molecule is CC(O)C(N)C(=O)NC(C(=O)NC(CO)C(=O)NC(CCC(N)=O)C(=O)NC(CCC(=O)O)C(=O)NC(CCCN=C(N)N)C(=O)N1CCCC1C(=O)NC(CCCN=C(N)N)C(=O)O)C(C)O. The van der Waals surface area contributed by atoms with Gasteiger partial charge in [0.25, 0.3) is 0 Å². The van der Waals surface area contributed by atoms with Gasteiger partial charge in [0, 0.05) is 32.5 Å². The topological polar surface area (TPSA) is 528 Å². The van der Waals surface area contributed by atoms with E-state index in [4.69, 9.17) is 34.4 Å². The van der Waals surface area contributed by atoms with Crippen LogP contribution in [0.2, 0.25) is 0 Å². The molecule has 23 N–H and O–H groups in total. The van der Waals surface area contributed by atoms with Crippen molar-refractivity contribution in [2.24, 2.45) is 44.4 Å². The summed E-state index contributed by atoms with van der Waals surface area (Å²) in [6.07, 6.45) is -4.98. The highest BCUT2D eigenvalue weighted by Gasteiger charge is 2.40.